The number of nitrogens with two attached hydrogens (primary N) is 1. The highest BCUT2D eigenvalue weighted by Crippen LogP contribution is 2.25. The molecule has 4 nitrogen and oxygen atoms in total. The molecule has 1 saturated heterocycles. The van der Waals surface area contributed by atoms with Gasteiger partial charge in [0.25, 0.3) is 5.91 Å². The summed E-state index contributed by atoms with van der Waals surface area (Å²) in [6, 6.07) is 8.25. The van der Waals surface area contributed by atoms with Gasteiger partial charge in [0.15, 0.2) is 0 Å². The quantitative estimate of drug-likeness (QED) is 0.901. The summed E-state index contributed by atoms with van der Waals surface area (Å²) in [6.07, 6.45) is 6.10. The number of fused-ring (bicyclic) bond motifs is 1. The molecule has 2 aromatic rings. The predicted molar refractivity (Wildman–Crippen MR) is 80.6 cm³/mol. The van der Waals surface area contributed by atoms with Crippen LogP contribution in [-0.4, -0.2) is 34.9 Å². The summed E-state index contributed by atoms with van der Waals surface area (Å²) in [6.45, 7) is 1.49. The highest BCUT2D eigenvalue weighted by Gasteiger charge is 2.28. The van der Waals surface area contributed by atoms with Crippen molar-refractivity contribution in [3.05, 3.63) is 36.0 Å². The van der Waals surface area contributed by atoms with Crippen LogP contribution >= 0.6 is 0 Å². The maximum atomic E-state index is 12.8. The van der Waals surface area contributed by atoms with Crippen molar-refractivity contribution in [3.8, 4) is 0 Å². The summed E-state index contributed by atoms with van der Waals surface area (Å²) < 4.78 is 0. The van der Waals surface area contributed by atoms with Crippen LogP contribution in [0, 0.1) is 0 Å². The molecule has 3 rings (SSSR count). The Morgan fingerprint density at radius 1 is 1.35 bits per heavy atom. The Bertz CT molecular complexity index is 603. The van der Waals surface area contributed by atoms with Crippen LogP contribution in [0.25, 0.3) is 10.9 Å². The number of benzene rings is 1. The summed E-state index contributed by atoms with van der Waals surface area (Å²) in [4.78, 5) is 18.0. The van der Waals surface area contributed by atoms with Gasteiger partial charge in [0.2, 0.25) is 0 Å². The standard InChI is InChI=1S/C16H21N3O/c17-9-8-12-5-3-4-10-19(12)16(20)14-11-18-15-7-2-1-6-13(14)15/h1-2,6-7,11-12,18H,3-5,8-10,17H2. The molecule has 1 aromatic carbocycles. The second-order valence-corrected chi connectivity index (χ2v) is 5.47. The largest absolute Gasteiger partial charge is 0.360 e. The second kappa shape index (κ2) is 5.67. The van der Waals surface area contributed by atoms with Gasteiger partial charge >= 0.3 is 0 Å². The normalized spacial score (nSPS) is 19.4. The number of H-pyrrole nitrogens is 1. The number of carbonyl (C=O) groups excluding carboxylic acids is 1. The van der Waals surface area contributed by atoms with Crippen LogP contribution in [0.15, 0.2) is 30.5 Å². The fourth-order valence-electron chi connectivity index (χ4n) is 3.16. The van der Waals surface area contributed by atoms with E-state index in [1.807, 2.05) is 35.4 Å². The van der Waals surface area contributed by atoms with Gasteiger partial charge in [0, 0.05) is 29.7 Å². The first-order chi connectivity index (χ1) is 9.81. The van der Waals surface area contributed by atoms with Crippen LogP contribution in [0.4, 0.5) is 0 Å². The first-order valence-electron chi connectivity index (χ1n) is 7.38. The average molecular weight is 271 g/mol. The van der Waals surface area contributed by atoms with Crippen molar-refractivity contribution < 1.29 is 4.79 Å². The van der Waals surface area contributed by atoms with E-state index in [0.29, 0.717) is 12.6 Å². The fourth-order valence-corrected chi connectivity index (χ4v) is 3.16. The second-order valence-electron chi connectivity index (χ2n) is 5.47. The van der Waals surface area contributed by atoms with Gasteiger partial charge in [-0.05, 0) is 38.3 Å². The van der Waals surface area contributed by atoms with Crippen molar-refractivity contribution in [2.24, 2.45) is 5.73 Å². The minimum Gasteiger partial charge on any atom is -0.360 e. The van der Waals surface area contributed by atoms with E-state index in [-0.39, 0.29) is 5.91 Å². The van der Waals surface area contributed by atoms with Crippen molar-refractivity contribution in [1.82, 2.24) is 9.88 Å². The van der Waals surface area contributed by atoms with Gasteiger partial charge in [-0.15, -0.1) is 0 Å². The van der Waals surface area contributed by atoms with Crippen molar-refractivity contribution in [1.29, 1.82) is 0 Å². The van der Waals surface area contributed by atoms with Crippen LogP contribution in [0.5, 0.6) is 0 Å². The fraction of sp³-hybridized carbons (Fsp3) is 0.438. The van der Waals surface area contributed by atoms with E-state index in [0.717, 1.165) is 42.3 Å². The van der Waals surface area contributed by atoms with E-state index >= 15 is 0 Å². The summed E-state index contributed by atoms with van der Waals surface area (Å²) >= 11 is 0. The van der Waals surface area contributed by atoms with Gasteiger partial charge in [-0.2, -0.15) is 0 Å². The maximum Gasteiger partial charge on any atom is 0.256 e. The molecule has 0 bridgehead atoms. The van der Waals surface area contributed by atoms with E-state index in [4.69, 9.17) is 5.73 Å². The molecular formula is C16H21N3O. The molecule has 1 aliphatic rings. The molecule has 1 unspecified atom stereocenters. The third-order valence-electron chi connectivity index (χ3n) is 4.21. The maximum absolute atomic E-state index is 12.8. The minimum absolute atomic E-state index is 0.139. The predicted octanol–water partition coefficient (Wildman–Crippen LogP) is 2.51. The zero-order valence-electron chi connectivity index (χ0n) is 11.6. The number of carbonyl (C=O) groups is 1. The Kier molecular flexibility index (Phi) is 3.74. The number of hydrogen-bond donors (Lipinski definition) is 2. The van der Waals surface area contributed by atoms with Crippen LogP contribution in [-0.2, 0) is 0 Å². The number of piperidine rings is 1. The van der Waals surface area contributed by atoms with Crippen LogP contribution in [0.3, 0.4) is 0 Å². The topological polar surface area (TPSA) is 62.1 Å². The zero-order valence-corrected chi connectivity index (χ0v) is 11.6. The van der Waals surface area contributed by atoms with Gasteiger partial charge in [-0.25, -0.2) is 0 Å². The lowest BCUT2D eigenvalue weighted by atomic mass is 9.98. The average Bonchev–Trinajstić information content (AvgIpc) is 2.91. The zero-order chi connectivity index (χ0) is 13.9. The molecule has 3 N–H and O–H groups in total. The lowest BCUT2D eigenvalue weighted by molar-refractivity contribution is 0.0607. The van der Waals surface area contributed by atoms with Crippen LogP contribution < -0.4 is 5.73 Å². The lowest BCUT2D eigenvalue weighted by Crippen LogP contribution is -2.44. The number of hydrogen-bond acceptors (Lipinski definition) is 2. The first-order valence-corrected chi connectivity index (χ1v) is 7.38. The number of para-hydroxylation sites is 1. The molecule has 0 aliphatic carbocycles. The van der Waals surface area contributed by atoms with E-state index in [1.165, 1.54) is 6.42 Å². The van der Waals surface area contributed by atoms with Gasteiger partial charge in [0.05, 0.1) is 5.56 Å². The third-order valence-corrected chi connectivity index (χ3v) is 4.21. The molecule has 20 heavy (non-hydrogen) atoms. The molecule has 1 amide bonds. The highest BCUT2D eigenvalue weighted by molar-refractivity contribution is 6.06. The molecule has 1 aliphatic heterocycles. The Morgan fingerprint density at radius 3 is 3.05 bits per heavy atom. The molecular weight excluding hydrogens is 250 g/mol. The monoisotopic (exact) mass is 271 g/mol. The Balaban J connectivity index is 1.90. The smallest absolute Gasteiger partial charge is 0.256 e. The number of nitrogens with one attached hydrogen (secondary N) is 1. The number of aromatic amines is 1. The number of nitrogens with zero attached hydrogens (tertiary/aromatic N) is 1. The third kappa shape index (κ3) is 2.31. The van der Waals surface area contributed by atoms with E-state index < -0.39 is 0 Å². The van der Waals surface area contributed by atoms with Crippen LogP contribution in [0.1, 0.15) is 36.0 Å². The van der Waals surface area contributed by atoms with Crippen molar-refractivity contribution in [3.63, 3.8) is 0 Å². The molecule has 1 aromatic heterocycles. The first kappa shape index (κ1) is 13.2. The van der Waals surface area contributed by atoms with Gasteiger partial charge in [0.1, 0.15) is 0 Å². The van der Waals surface area contributed by atoms with Crippen molar-refractivity contribution in [2.75, 3.05) is 13.1 Å². The van der Waals surface area contributed by atoms with E-state index in [2.05, 4.69) is 4.98 Å². The van der Waals surface area contributed by atoms with Crippen LogP contribution in [0.2, 0.25) is 0 Å². The number of amides is 1. The van der Waals surface area contributed by atoms with Crippen molar-refractivity contribution >= 4 is 16.8 Å². The minimum atomic E-state index is 0.139. The molecule has 2 heterocycles. The summed E-state index contributed by atoms with van der Waals surface area (Å²) in [5.74, 6) is 0.139. The molecule has 1 fully saturated rings. The molecule has 1 atom stereocenters. The molecule has 0 radical (unpaired) electrons. The molecule has 106 valence electrons. The van der Waals surface area contributed by atoms with E-state index in [9.17, 15) is 4.79 Å². The number of likely N-dealkylation sites (tertiary alicyclic amines) is 1. The number of aromatic nitrogens is 1. The Hall–Kier alpha value is -1.81. The number of rotatable bonds is 3. The SMILES string of the molecule is NCCC1CCCCN1C(=O)c1c[nH]c2ccccc12. The van der Waals surface area contributed by atoms with Gasteiger partial charge < -0.3 is 15.6 Å². The summed E-state index contributed by atoms with van der Waals surface area (Å²) in [5, 5.41) is 1.01. The van der Waals surface area contributed by atoms with Gasteiger partial charge in [-0.1, -0.05) is 18.2 Å². The summed E-state index contributed by atoms with van der Waals surface area (Å²) in [7, 11) is 0. The lowest BCUT2D eigenvalue weighted by Gasteiger charge is -2.35. The van der Waals surface area contributed by atoms with Crippen molar-refractivity contribution in [2.45, 2.75) is 31.7 Å². The summed E-state index contributed by atoms with van der Waals surface area (Å²) in [5.41, 5.74) is 7.49. The Labute approximate surface area is 118 Å². The van der Waals surface area contributed by atoms with E-state index in [1.54, 1.807) is 0 Å². The highest BCUT2D eigenvalue weighted by atomic mass is 16.2. The molecule has 0 saturated carbocycles. The molecule has 4 heteroatoms. The van der Waals surface area contributed by atoms with Gasteiger partial charge in [-0.3, -0.25) is 4.79 Å². The molecule has 0 spiro atoms. The Morgan fingerprint density at radius 2 is 2.20 bits per heavy atom.